The summed E-state index contributed by atoms with van der Waals surface area (Å²) in [6, 6.07) is 38.5. The number of hydrogen-bond donors (Lipinski definition) is 0. The smallest absolute Gasteiger partial charge is 0.160 e. The van der Waals surface area contributed by atoms with E-state index in [1.165, 1.54) is 33.4 Å². The Labute approximate surface area is 270 Å². The van der Waals surface area contributed by atoms with Crippen molar-refractivity contribution in [2.45, 2.75) is 37.7 Å². The summed E-state index contributed by atoms with van der Waals surface area (Å²) in [5.41, 5.74) is 12.1. The van der Waals surface area contributed by atoms with E-state index >= 15 is 0 Å². The minimum Gasteiger partial charge on any atom is -0.482 e. The highest BCUT2D eigenvalue weighted by molar-refractivity contribution is 5.92. The van der Waals surface area contributed by atoms with Gasteiger partial charge >= 0.3 is 0 Å². The maximum absolute atomic E-state index is 7.12. The molecule has 3 aliphatic carbocycles. The van der Waals surface area contributed by atoms with Crippen LogP contribution in [0, 0.1) is 5.92 Å². The van der Waals surface area contributed by atoms with Crippen LogP contribution in [0.5, 0.6) is 5.75 Å². The van der Waals surface area contributed by atoms with Gasteiger partial charge in [-0.1, -0.05) is 134 Å². The van der Waals surface area contributed by atoms with E-state index in [0.717, 1.165) is 46.7 Å². The molecule has 46 heavy (non-hydrogen) atoms. The summed E-state index contributed by atoms with van der Waals surface area (Å²) < 4.78 is 7.12. The third kappa shape index (κ3) is 3.91. The quantitative estimate of drug-likeness (QED) is 0.208. The number of allylic oxidation sites excluding steroid dienone is 6. The van der Waals surface area contributed by atoms with Gasteiger partial charge in [-0.25, -0.2) is 9.97 Å². The van der Waals surface area contributed by atoms with Crippen LogP contribution >= 0.6 is 0 Å². The molecule has 0 fully saturated rings. The average molecular weight is 595 g/mol. The standard InChI is InChI=1S/C43H34N2O/c1-28-20-22-33-32-17-9-10-18-34(32)43(36(33)25-28)35-23-21-31(26-39(35)46-42(2)24-12-11-19-40(42)43)38-27-37(29-13-5-3-6-14-29)44-41(45-38)30-15-7-4-8-16-30/h3-23,26-28H,24-25H2,1-2H3. The van der Waals surface area contributed by atoms with Gasteiger partial charge in [-0.05, 0) is 59.2 Å². The van der Waals surface area contributed by atoms with Crippen LogP contribution in [0.25, 0.3) is 39.5 Å². The molecule has 1 aromatic heterocycles. The summed E-state index contributed by atoms with van der Waals surface area (Å²) in [5.74, 6) is 2.11. The predicted octanol–water partition coefficient (Wildman–Crippen LogP) is 10.2. The van der Waals surface area contributed by atoms with E-state index in [1.807, 2.05) is 24.3 Å². The molecule has 2 heterocycles. The largest absolute Gasteiger partial charge is 0.482 e. The second kappa shape index (κ2) is 10.1. The van der Waals surface area contributed by atoms with Gasteiger partial charge in [0.15, 0.2) is 5.82 Å². The highest BCUT2D eigenvalue weighted by Crippen LogP contribution is 2.64. The number of benzene rings is 4. The van der Waals surface area contributed by atoms with Gasteiger partial charge in [0.1, 0.15) is 11.4 Å². The van der Waals surface area contributed by atoms with E-state index in [2.05, 4.69) is 129 Å². The molecule has 3 atom stereocenters. The van der Waals surface area contributed by atoms with E-state index in [9.17, 15) is 0 Å². The third-order valence-electron chi connectivity index (χ3n) is 10.2. The van der Waals surface area contributed by atoms with E-state index < -0.39 is 5.60 Å². The lowest BCUT2D eigenvalue weighted by atomic mass is 9.58. The zero-order chi connectivity index (χ0) is 30.9. The normalized spacial score (nSPS) is 23.7. The van der Waals surface area contributed by atoms with Crippen molar-refractivity contribution >= 4 is 5.57 Å². The number of aromatic nitrogens is 2. The maximum atomic E-state index is 7.12. The second-order valence-corrected chi connectivity index (χ2v) is 13.2. The van der Waals surface area contributed by atoms with Crippen molar-refractivity contribution in [2.24, 2.45) is 5.92 Å². The van der Waals surface area contributed by atoms with Crippen LogP contribution in [-0.4, -0.2) is 15.6 Å². The van der Waals surface area contributed by atoms with Crippen LogP contribution in [0.1, 0.15) is 43.4 Å². The van der Waals surface area contributed by atoms with Crippen molar-refractivity contribution in [3.8, 4) is 39.7 Å². The molecule has 0 bridgehead atoms. The molecule has 3 nitrogen and oxygen atoms in total. The zero-order valence-corrected chi connectivity index (χ0v) is 26.1. The Hall–Kier alpha value is -5.28. The fourth-order valence-corrected chi connectivity index (χ4v) is 8.18. The van der Waals surface area contributed by atoms with Crippen molar-refractivity contribution in [3.63, 3.8) is 0 Å². The van der Waals surface area contributed by atoms with Gasteiger partial charge in [-0.2, -0.15) is 0 Å². The molecule has 0 radical (unpaired) electrons. The second-order valence-electron chi connectivity index (χ2n) is 13.2. The van der Waals surface area contributed by atoms with E-state index in [0.29, 0.717) is 11.7 Å². The van der Waals surface area contributed by atoms with Gasteiger partial charge in [0, 0.05) is 28.7 Å². The van der Waals surface area contributed by atoms with Crippen LogP contribution in [0.2, 0.25) is 0 Å². The molecule has 3 heteroatoms. The van der Waals surface area contributed by atoms with E-state index in [4.69, 9.17) is 14.7 Å². The maximum Gasteiger partial charge on any atom is 0.160 e. The number of hydrogen-bond acceptors (Lipinski definition) is 3. The minimum absolute atomic E-state index is 0.382. The van der Waals surface area contributed by atoms with Crippen molar-refractivity contribution in [2.75, 3.05) is 0 Å². The first kappa shape index (κ1) is 27.1. The van der Waals surface area contributed by atoms with Crippen molar-refractivity contribution in [1.29, 1.82) is 0 Å². The van der Waals surface area contributed by atoms with Crippen LogP contribution in [0.3, 0.4) is 0 Å². The predicted molar refractivity (Wildman–Crippen MR) is 186 cm³/mol. The van der Waals surface area contributed by atoms with Crippen LogP contribution in [0.15, 0.2) is 151 Å². The summed E-state index contributed by atoms with van der Waals surface area (Å²) in [7, 11) is 0. The number of ether oxygens (including phenoxy) is 1. The fourth-order valence-electron chi connectivity index (χ4n) is 8.18. The number of fused-ring (bicyclic) bond motifs is 8. The molecule has 5 aromatic rings. The van der Waals surface area contributed by atoms with E-state index in [1.54, 1.807) is 0 Å². The molecule has 4 aromatic carbocycles. The molecule has 0 saturated carbocycles. The fraction of sp³-hybridized carbons (Fsp3) is 0.163. The first-order chi connectivity index (χ1) is 22.5. The highest BCUT2D eigenvalue weighted by atomic mass is 16.5. The Kier molecular flexibility index (Phi) is 5.95. The van der Waals surface area contributed by atoms with Crippen molar-refractivity contribution in [1.82, 2.24) is 9.97 Å². The SMILES string of the molecule is CC1C=CC2=C(C1)C1(C3=CC=CCC3(C)Oc3cc(-c4cc(-c5ccccc5)nc(-c5ccccc5)n4)ccc31)c1ccccc12. The summed E-state index contributed by atoms with van der Waals surface area (Å²) in [6.45, 7) is 4.60. The van der Waals surface area contributed by atoms with Crippen LogP contribution < -0.4 is 4.74 Å². The van der Waals surface area contributed by atoms with Gasteiger partial charge in [-0.15, -0.1) is 0 Å². The van der Waals surface area contributed by atoms with Crippen LogP contribution in [-0.2, 0) is 5.41 Å². The van der Waals surface area contributed by atoms with Crippen molar-refractivity contribution < 1.29 is 4.74 Å². The third-order valence-corrected chi connectivity index (χ3v) is 10.2. The molecular formula is C43H34N2O. The molecule has 1 spiro atoms. The summed E-state index contributed by atoms with van der Waals surface area (Å²) >= 11 is 0. The summed E-state index contributed by atoms with van der Waals surface area (Å²) in [6.07, 6.45) is 13.4. The lowest BCUT2D eigenvalue weighted by Crippen LogP contribution is -2.50. The lowest BCUT2D eigenvalue weighted by Gasteiger charge is -2.51. The molecule has 1 aliphatic heterocycles. The minimum atomic E-state index is -0.476. The molecule has 0 amide bonds. The summed E-state index contributed by atoms with van der Waals surface area (Å²) in [5, 5.41) is 0. The molecular weight excluding hydrogens is 560 g/mol. The number of rotatable bonds is 3. The molecule has 222 valence electrons. The van der Waals surface area contributed by atoms with Gasteiger partial charge < -0.3 is 4.74 Å². The number of nitrogens with zero attached hydrogens (tertiary/aromatic N) is 2. The Morgan fingerprint density at radius 3 is 2.26 bits per heavy atom. The Balaban J connectivity index is 1.28. The molecule has 0 N–H and O–H groups in total. The molecule has 4 aliphatic rings. The average Bonchev–Trinajstić information content (AvgIpc) is 3.38. The van der Waals surface area contributed by atoms with Gasteiger partial charge in [0.05, 0.1) is 16.8 Å². The zero-order valence-electron chi connectivity index (χ0n) is 26.1. The van der Waals surface area contributed by atoms with E-state index in [-0.39, 0.29) is 5.41 Å². The molecule has 9 rings (SSSR count). The van der Waals surface area contributed by atoms with Crippen LogP contribution in [0.4, 0.5) is 0 Å². The Bertz CT molecular complexity index is 2100. The topological polar surface area (TPSA) is 35.0 Å². The Morgan fingerprint density at radius 2 is 1.46 bits per heavy atom. The first-order valence-electron chi connectivity index (χ1n) is 16.3. The first-order valence-corrected chi connectivity index (χ1v) is 16.3. The monoisotopic (exact) mass is 594 g/mol. The summed E-state index contributed by atoms with van der Waals surface area (Å²) in [4.78, 5) is 10.2. The van der Waals surface area contributed by atoms with Crippen molar-refractivity contribution in [3.05, 3.63) is 167 Å². The molecule has 0 saturated heterocycles. The highest BCUT2D eigenvalue weighted by Gasteiger charge is 2.58. The van der Waals surface area contributed by atoms with Gasteiger partial charge in [0.25, 0.3) is 0 Å². The Morgan fingerprint density at radius 1 is 0.739 bits per heavy atom. The van der Waals surface area contributed by atoms with Gasteiger partial charge in [-0.3, -0.25) is 0 Å². The lowest BCUT2D eigenvalue weighted by molar-refractivity contribution is 0.101. The van der Waals surface area contributed by atoms with Gasteiger partial charge in [0.2, 0.25) is 0 Å². The molecule has 3 unspecified atom stereocenters.